The van der Waals surface area contributed by atoms with Crippen LogP contribution in [0.2, 0.25) is 0 Å². The number of hydrogen-bond donors (Lipinski definition) is 1. The van der Waals surface area contributed by atoms with Crippen LogP contribution in [0.25, 0.3) is 0 Å². The summed E-state index contributed by atoms with van der Waals surface area (Å²) in [5.74, 6) is 5.13. The van der Waals surface area contributed by atoms with Gasteiger partial charge in [0.1, 0.15) is 6.23 Å². The Morgan fingerprint density at radius 1 is 1.38 bits per heavy atom. The van der Waals surface area contributed by atoms with E-state index in [1.165, 1.54) is 0 Å². The molecular formula is C7H18Cl2N2O2. The van der Waals surface area contributed by atoms with Crippen molar-refractivity contribution in [3.63, 3.8) is 0 Å². The summed E-state index contributed by atoms with van der Waals surface area (Å²) in [4.78, 5) is 7.01. The van der Waals surface area contributed by atoms with Gasteiger partial charge in [-0.05, 0) is 6.42 Å². The first-order chi connectivity index (χ1) is 5.38. The largest absolute Gasteiger partial charge is 0.379 e. The van der Waals surface area contributed by atoms with Gasteiger partial charge in [-0.2, -0.15) is 0 Å². The lowest BCUT2D eigenvalue weighted by Gasteiger charge is -2.31. The smallest absolute Gasteiger partial charge is 0.131 e. The molecule has 2 N–H and O–H groups in total. The lowest BCUT2D eigenvalue weighted by molar-refractivity contribution is -0.0991. The summed E-state index contributed by atoms with van der Waals surface area (Å²) in [6, 6.07) is 0. The molecule has 4 nitrogen and oxygen atoms in total. The maximum absolute atomic E-state index is 5.20. The number of nitrogens with two attached hydrogens (primary N) is 1. The van der Waals surface area contributed by atoms with Crippen molar-refractivity contribution in [2.24, 2.45) is 5.90 Å². The van der Waals surface area contributed by atoms with E-state index in [-0.39, 0.29) is 31.0 Å². The number of nitrogens with zero attached hydrogens (tertiary/aromatic N) is 1. The molecule has 0 aromatic heterocycles. The zero-order chi connectivity index (χ0) is 8.10. The molecule has 13 heavy (non-hydrogen) atoms. The number of rotatable bonds is 3. The molecule has 82 valence electrons. The van der Waals surface area contributed by atoms with E-state index >= 15 is 0 Å². The van der Waals surface area contributed by atoms with Crippen molar-refractivity contribution in [2.75, 3.05) is 26.3 Å². The molecule has 1 atom stereocenters. The first-order valence-electron chi connectivity index (χ1n) is 4.05. The number of halogens is 2. The minimum atomic E-state index is 0. The van der Waals surface area contributed by atoms with Crippen LogP contribution in [0.4, 0.5) is 0 Å². The van der Waals surface area contributed by atoms with Gasteiger partial charge in [-0.25, -0.2) is 5.90 Å². The average molecular weight is 233 g/mol. The van der Waals surface area contributed by atoms with Gasteiger partial charge in [0.2, 0.25) is 0 Å². The first kappa shape index (κ1) is 15.9. The fourth-order valence-electron chi connectivity index (χ4n) is 1.31. The topological polar surface area (TPSA) is 47.7 Å². The van der Waals surface area contributed by atoms with Crippen LogP contribution in [0, 0.1) is 0 Å². The van der Waals surface area contributed by atoms with E-state index in [1.54, 1.807) is 0 Å². The van der Waals surface area contributed by atoms with E-state index in [0.29, 0.717) is 0 Å². The third-order valence-electron chi connectivity index (χ3n) is 1.96. The summed E-state index contributed by atoms with van der Waals surface area (Å²) in [6.07, 6.45) is 0.996. The summed E-state index contributed by atoms with van der Waals surface area (Å²) < 4.78 is 5.20. The van der Waals surface area contributed by atoms with Gasteiger partial charge in [-0.15, -0.1) is 24.8 Å². The van der Waals surface area contributed by atoms with Crippen LogP contribution in [0.5, 0.6) is 0 Å². The van der Waals surface area contributed by atoms with E-state index < -0.39 is 0 Å². The van der Waals surface area contributed by atoms with E-state index in [1.807, 2.05) is 0 Å². The third kappa shape index (κ3) is 5.00. The maximum Gasteiger partial charge on any atom is 0.131 e. The maximum atomic E-state index is 5.20. The Morgan fingerprint density at radius 3 is 2.31 bits per heavy atom. The highest BCUT2D eigenvalue weighted by Crippen LogP contribution is 2.06. The molecule has 1 heterocycles. The van der Waals surface area contributed by atoms with Crippen molar-refractivity contribution >= 4 is 24.8 Å². The summed E-state index contributed by atoms with van der Waals surface area (Å²) in [7, 11) is 0. The Bertz CT molecular complexity index is 109. The van der Waals surface area contributed by atoms with Gasteiger partial charge in [-0.3, -0.25) is 9.74 Å². The standard InChI is InChI=1S/C7H16N2O2.2ClH/c1-2-7(11-8)9-3-5-10-6-4-9;;/h7H,2-6,8H2,1H3;2*1H. The number of hydrogen-bond acceptors (Lipinski definition) is 4. The second-order valence-corrected chi connectivity index (χ2v) is 2.65. The van der Waals surface area contributed by atoms with Crippen molar-refractivity contribution in [1.29, 1.82) is 0 Å². The quantitative estimate of drug-likeness (QED) is 0.732. The van der Waals surface area contributed by atoms with Gasteiger partial charge in [0, 0.05) is 13.1 Å². The molecule has 0 aromatic rings. The van der Waals surface area contributed by atoms with E-state index in [4.69, 9.17) is 15.5 Å². The SMILES string of the molecule is CCC(ON)N1CCOCC1.Cl.Cl. The zero-order valence-electron chi connectivity index (χ0n) is 7.77. The van der Waals surface area contributed by atoms with E-state index in [0.717, 1.165) is 32.7 Å². The highest BCUT2D eigenvalue weighted by molar-refractivity contribution is 5.85. The van der Waals surface area contributed by atoms with Crippen LogP contribution in [-0.2, 0) is 9.57 Å². The monoisotopic (exact) mass is 232 g/mol. The fraction of sp³-hybridized carbons (Fsp3) is 1.00. The van der Waals surface area contributed by atoms with Crippen molar-refractivity contribution in [3.8, 4) is 0 Å². The van der Waals surface area contributed by atoms with Crippen molar-refractivity contribution in [2.45, 2.75) is 19.6 Å². The average Bonchev–Trinajstić information content (AvgIpc) is 2.09. The Balaban J connectivity index is 0. The molecule has 0 saturated carbocycles. The van der Waals surface area contributed by atoms with E-state index in [2.05, 4.69) is 11.8 Å². The molecule has 1 fully saturated rings. The molecular weight excluding hydrogens is 215 g/mol. The predicted molar refractivity (Wildman–Crippen MR) is 56.2 cm³/mol. The Labute approximate surface area is 91.5 Å². The van der Waals surface area contributed by atoms with Gasteiger partial charge in [0.15, 0.2) is 0 Å². The summed E-state index contributed by atoms with van der Waals surface area (Å²) in [6.45, 7) is 5.50. The summed E-state index contributed by atoms with van der Waals surface area (Å²) >= 11 is 0. The zero-order valence-corrected chi connectivity index (χ0v) is 9.40. The van der Waals surface area contributed by atoms with Gasteiger partial charge < -0.3 is 4.74 Å². The van der Waals surface area contributed by atoms with Gasteiger partial charge in [0.25, 0.3) is 0 Å². The van der Waals surface area contributed by atoms with Gasteiger partial charge in [-0.1, -0.05) is 6.92 Å². The number of morpholine rings is 1. The molecule has 0 radical (unpaired) electrons. The van der Waals surface area contributed by atoms with Crippen LogP contribution in [-0.4, -0.2) is 37.4 Å². The molecule has 1 saturated heterocycles. The predicted octanol–water partition coefficient (Wildman–Crippen LogP) is 0.789. The normalized spacial score (nSPS) is 19.8. The van der Waals surface area contributed by atoms with Gasteiger partial charge >= 0.3 is 0 Å². The van der Waals surface area contributed by atoms with Gasteiger partial charge in [0.05, 0.1) is 13.2 Å². The molecule has 0 spiro atoms. The fourth-order valence-corrected chi connectivity index (χ4v) is 1.31. The molecule has 1 unspecified atom stereocenters. The lowest BCUT2D eigenvalue weighted by Crippen LogP contribution is -2.45. The van der Waals surface area contributed by atoms with Crippen LogP contribution >= 0.6 is 24.8 Å². The minimum Gasteiger partial charge on any atom is -0.379 e. The van der Waals surface area contributed by atoms with Crippen molar-refractivity contribution < 1.29 is 9.57 Å². The molecule has 0 aliphatic carbocycles. The highest BCUT2D eigenvalue weighted by atomic mass is 35.5. The highest BCUT2D eigenvalue weighted by Gasteiger charge is 2.18. The number of ether oxygens (including phenoxy) is 1. The first-order valence-corrected chi connectivity index (χ1v) is 4.05. The Morgan fingerprint density at radius 2 is 1.92 bits per heavy atom. The second kappa shape index (κ2) is 8.99. The summed E-state index contributed by atoms with van der Waals surface area (Å²) in [5.41, 5.74) is 0. The Kier molecular flexibility index (Phi) is 11.0. The molecule has 0 aromatic carbocycles. The van der Waals surface area contributed by atoms with Crippen LogP contribution < -0.4 is 5.90 Å². The molecule has 1 aliphatic heterocycles. The molecule has 1 aliphatic rings. The second-order valence-electron chi connectivity index (χ2n) is 2.65. The minimum absolute atomic E-state index is 0. The third-order valence-corrected chi connectivity index (χ3v) is 1.96. The van der Waals surface area contributed by atoms with Crippen LogP contribution in [0.15, 0.2) is 0 Å². The Hall–Kier alpha value is 0.420. The van der Waals surface area contributed by atoms with Crippen LogP contribution in [0.3, 0.4) is 0 Å². The molecule has 0 amide bonds. The molecule has 6 heteroatoms. The van der Waals surface area contributed by atoms with Crippen LogP contribution in [0.1, 0.15) is 13.3 Å². The lowest BCUT2D eigenvalue weighted by atomic mass is 10.3. The van der Waals surface area contributed by atoms with Crippen molar-refractivity contribution in [3.05, 3.63) is 0 Å². The summed E-state index contributed by atoms with van der Waals surface area (Å²) in [5, 5.41) is 0. The van der Waals surface area contributed by atoms with E-state index in [9.17, 15) is 0 Å². The molecule has 1 rings (SSSR count). The molecule has 0 bridgehead atoms. The van der Waals surface area contributed by atoms with Crippen molar-refractivity contribution in [1.82, 2.24) is 4.90 Å².